The molecule has 2 heterocycles. The third-order valence-electron chi connectivity index (χ3n) is 3.54. The number of aryl methyl sites for hydroxylation is 1. The van der Waals surface area contributed by atoms with Gasteiger partial charge in [-0.05, 0) is 52.7 Å². The van der Waals surface area contributed by atoms with Crippen molar-refractivity contribution in [1.82, 2.24) is 9.55 Å². The van der Waals surface area contributed by atoms with Crippen molar-refractivity contribution in [2.24, 2.45) is 4.99 Å². The summed E-state index contributed by atoms with van der Waals surface area (Å²) < 4.78 is 6.93. The van der Waals surface area contributed by atoms with E-state index in [9.17, 15) is 14.7 Å². The van der Waals surface area contributed by atoms with Crippen molar-refractivity contribution in [2.45, 2.75) is 13.5 Å². The molecule has 0 unspecified atom stereocenters. The van der Waals surface area contributed by atoms with Crippen molar-refractivity contribution in [3.63, 3.8) is 0 Å². The summed E-state index contributed by atoms with van der Waals surface area (Å²) in [5.74, 6) is -0.00856. The number of hydrogen-bond acceptors (Lipinski definition) is 5. The van der Waals surface area contributed by atoms with Gasteiger partial charge in [-0.1, -0.05) is 6.07 Å². The van der Waals surface area contributed by atoms with Crippen LogP contribution in [0.15, 0.2) is 60.1 Å². The van der Waals surface area contributed by atoms with Gasteiger partial charge in [0.1, 0.15) is 11.3 Å². The summed E-state index contributed by atoms with van der Waals surface area (Å²) in [6.45, 7) is 1.93. The summed E-state index contributed by atoms with van der Waals surface area (Å²) in [7, 11) is 0. The first-order valence-corrected chi connectivity index (χ1v) is 8.13. The summed E-state index contributed by atoms with van der Waals surface area (Å²) >= 11 is 3.39. The van der Waals surface area contributed by atoms with Gasteiger partial charge in [-0.2, -0.15) is 0 Å². The molecule has 128 valence electrons. The molecule has 7 nitrogen and oxygen atoms in total. The predicted molar refractivity (Wildman–Crippen MR) is 96.9 cm³/mol. The molecule has 1 aromatic carbocycles. The molecule has 3 aromatic rings. The molecular weight excluding hydrogens is 390 g/mol. The molecule has 3 rings (SSSR count). The first kappa shape index (κ1) is 17.0. The van der Waals surface area contributed by atoms with E-state index in [4.69, 9.17) is 4.42 Å². The van der Waals surface area contributed by atoms with E-state index in [-0.39, 0.29) is 12.1 Å². The van der Waals surface area contributed by atoms with Crippen LogP contribution in [0.4, 0.5) is 5.69 Å². The van der Waals surface area contributed by atoms with E-state index in [0.717, 1.165) is 14.6 Å². The number of H-pyrrole nitrogens is 1. The second kappa shape index (κ2) is 6.94. The van der Waals surface area contributed by atoms with E-state index >= 15 is 0 Å². The molecule has 0 atom stereocenters. The number of benzene rings is 1. The van der Waals surface area contributed by atoms with E-state index < -0.39 is 17.1 Å². The SMILES string of the molecule is Cc1ccc(N=Cc2c(O)n(Cc3ccco3)c(=O)[nH]c2=O)c(Br)c1. The average molecular weight is 404 g/mol. The molecule has 0 amide bonds. The van der Waals surface area contributed by atoms with Crippen molar-refractivity contribution in [3.8, 4) is 5.88 Å². The molecule has 0 fully saturated rings. The third-order valence-corrected chi connectivity index (χ3v) is 4.17. The normalized spacial score (nSPS) is 11.3. The Morgan fingerprint density at radius 3 is 2.84 bits per heavy atom. The van der Waals surface area contributed by atoms with Gasteiger partial charge in [-0.25, -0.2) is 4.79 Å². The number of rotatable bonds is 4. The Kier molecular flexibility index (Phi) is 4.71. The molecule has 25 heavy (non-hydrogen) atoms. The fourth-order valence-electron chi connectivity index (χ4n) is 2.25. The van der Waals surface area contributed by atoms with Crippen LogP contribution < -0.4 is 11.2 Å². The Morgan fingerprint density at radius 1 is 1.36 bits per heavy atom. The van der Waals surface area contributed by atoms with Gasteiger partial charge >= 0.3 is 5.69 Å². The minimum Gasteiger partial charge on any atom is -0.494 e. The fraction of sp³-hybridized carbons (Fsp3) is 0.118. The summed E-state index contributed by atoms with van der Waals surface area (Å²) in [5.41, 5.74) is 0.0862. The summed E-state index contributed by atoms with van der Waals surface area (Å²) in [6.07, 6.45) is 2.68. The van der Waals surface area contributed by atoms with Crippen LogP contribution in [-0.4, -0.2) is 20.9 Å². The Labute approximate surface area is 150 Å². The quantitative estimate of drug-likeness (QED) is 0.653. The molecule has 0 saturated carbocycles. The molecule has 0 spiro atoms. The maximum absolute atomic E-state index is 12.0. The number of aromatic nitrogens is 2. The van der Waals surface area contributed by atoms with Crippen LogP contribution in [0.25, 0.3) is 0 Å². The van der Waals surface area contributed by atoms with E-state index in [1.54, 1.807) is 18.2 Å². The molecule has 2 aromatic heterocycles. The minimum absolute atomic E-state index is 0.0104. The topological polar surface area (TPSA) is 101 Å². The summed E-state index contributed by atoms with van der Waals surface area (Å²) in [6, 6.07) is 8.86. The maximum atomic E-state index is 12.0. The summed E-state index contributed by atoms with van der Waals surface area (Å²) in [5, 5.41) is 10.3. The lowest BCUT2D eigenvalue weighted by atomic mass is 10.2. The zero-order chi connectivity index (χ0) is 18.0. The zero-order valence-corrected chi connectivity index (χ0v) is 14.8. The van der Waals surface area contributed by atoms with Gasteiger partial charge in [0.15, 0.2) is 0 Å². The van der Waals surface area contributed by atoms with Gasteiger partial charge in [-0.3, -0.25) is 19.3 Å². The number of aliphatic imine (C=N–C) groups is 1. The second-order valence-corrected chi connectivity index (χ2v) is 6.23. The van der Waals surface area contributed by atoms with Gasteiger partial charge in [0, 0.05) is 10.7 Å². The lowest BCUT2D eigenvalue weighted by Crippen LogP contribution is -2.32. The Balaban J connectivity index is 2.02. The van der Waals surface area contributed by atoms with Gasteiger partial charge in [-0.15, -0.1) is 0 Å². The maximum Gasteiger partial charge on any atom is 0.331 e. The highest BCUT2D eigenvalue weighted by Crippen LogP contribution is 2.26. The largest absolute Gasteiger partial charge is 0.494 e. The first-order valence-electron chi connectivity index (χ1n) is 7.34. The molecule has 0 bridgehead atoms. The Bertz CT molecular complexity index is 1050. The van der Waals surface area contributed by atoms with Crippen LogP contribution in [0.3, 0.4) is 0 Å². The van der Waals surface area contributed by atoms with Crippen molar-refractivity contribution in [1.29, 1.82) is 0 Å². The monoisotopic (exact) mass is 403 g/mol. The lowest BCUT2D eigenvalue weighted by Gasteiger charge is -2.08. The highest BCUT2D eigenvalue weighted by atomic mass is 79.9. The van der Waals surface area contributed by atoms with Crippen LogP contribution in [0.5, 0.6) is 5.88 Å². The van der Waals surface area contributed by atoms with Crippen molar-refractivity contribution < 1.29 is 9.52 Å². The van der Waals surface area contributed by atoms with Crippen molar-refractivity contribution in [2.75, 3.05) is 0 Å². The van der Waals surface area contributed by atoms with Crippen LogP contribution in [0.2, 0.25) is 0 Å². The van der Waals surface area contributed by atoms with Crippen LogP contribution in [0.1, 0.15) is 16.9 Å². The number of furan rings is 1. The molecule has 0 aliphatic heterocycles. The Hall–Kier alpha value is -2.87. The van der Waals surface area contributed by atoms with Crippen LogP contribution in [-0.2, 0) is 6.54 Å². The number of aromatic hydroxyl groups is 1. The van der Waals surface area contributed by atoms with Crippen LogP contribution in [0, 0.1) is 6.92 Å². The minimum atomic E-state index is -0.729. The molecule has 0 aliphatic carbocycles. The van der Waals surface area contributed by atoms with Crippen molar-refractivity contribution in [3.05, 3.63) is 78.8 Å². The van der Waals surface area contributed by atoms with Crippen molar-refractivity contribution >= 4 is 27.8 Å². The van der Waals surface area contributed by atoms with E-state index in [1.165, 1.54) is 12.5 Å². The van der Waals surface area contributed by atoms with Crippen LogP contribution >= 0.6 is 15.9 Å². The number of nitrogens with zero attached hydrogens (tertiary/aromatic N) is 2. The second-order valence-electron chi connectivity index (χ2n) is 5.38. The number of hydrogen-bond donors (Lipinski definition) is 2. The Morgan fingerprint density at radius 2 is 2.16 bits per heavy atom. The average Bonchev–Trinajstić information content (AvgIpc) is 3.06. The molecule has 0 saturated heterocycles. The first-order chi connectivity index (χ1) is 12.0. The number of aromatic amines is 1. The fourth-order valence-corrected chi connectivity index (χ4v) is 2.84. The van der Waals surface area contributed by atoms with Gasteiger partial charge in [0.25, 0.3) is 5.56 Å². The highest BCUT2D eigenvalue weighted by molar-refractivity contribution is 9.10. The van der Waals surface area contributed by atoms with Gasteiger partial charge < -0.3 is 9.52 Å². The molecule has 2 N–H and O–H groups in total. The molecule has 0 aliphatic rings. The molecule has 8 heteroatoms. The van der Waals surface area contributed by atoms with E-state index in [1.807, 2.05) is 19.1 Å². The smallest absolute Gasteiger partial charge is 0.331 e. The standard InChI is InChI=1S/C17H14BrN3O4/c1-10-4-5-14(13(18)7-10)19-8-12-15(22)20-17(24)21(16(12)23)9-11-3-2-6-25-11/h2-8,23H,9H2,1H3,(H,20,22,24). The zero-order valence-electron chi connectivity index (χ0n) is 13.2. The van der Waals surface area contributed by atoms with Gasteiger partial charge in [0.2, 0.25) is 5.88 Å². The predicted octanol–water partition coefficient (Wildman–Crippen LogP) is 2.71. The molecular formula is C17H14BrN3O4. The third kappa shape index (κ3) is 3.63. The molecule has 0 radical (unpaired) electrons. The van der Waals surface area contributed by atoms with Gasteiger partial charge in [0.05, 0.1) is 18.5 Å². The summed E-state index contributed by atoms with van der Waals surface area (Å²) in [4.78, 5) is 30.4. The number of nitrogens with one attached hydrogen (secondary N) is 1. The van der Waals surface area contributed by atoms with E-state index in [0.29, 0.717) is 11.4 Å². The highest BCUT2D eigenvalue weighted by Gasteiger charge is 2.14. The van der Waals surface area contributed by atoms with E-state index in [2.05, 4.69) is 25.9 Å². The number of halogens is 1. The lowest BCUT2D eigenvalue weighted by molar-refractivity contribution is 0.392.